The fraction of sp³-hybridized carbons (Fsp3) is 0.194. The number of aliphatic imine (C=N–C) groups is 1. The van der Waals surface area contributed by atoms with Crippen LogP contribution in [0, 0.1) is 0 Å². The molecule has 5 rings (SSSR count). The largest absolute Gasteiger partial charge is 0.394 e. The summed E-state index contributed by atoms with van der Waals surface area (Å²) < 4.78 is 28.8. The Morgan fingerprint density at radius 3 is 2.17 bits per heavy atom. The lowest BCUT2D eigenvalue weighted by atomic mass is 10.1. The summed E-state index contributed by atoms with van der Waals surface area (Å²) in [7, 11) is -3.84. The van der Waals surface area contributed by atoms with Gasteiger partial charge in [0.15, 0.2) is 0 Å². The fourth-order valence-corrected chi connectivity index (χ4v) is 5.82. The van der Waals surface area contributed by atoms with Crippen LogP contribution in [0.15, 0.2) is 113 Å². The van der Waals surface area contributed by atoms with Crippen LogP contribution in [-0.4, -0.2) is 53.6 Å². The Labute approximate surface area is 234 Å². The molecule has 1 aliphatic rings. The Morgan fingerprint density at radius 1 is 0.875 bits per heavy atom. The van der Waals surface area contributed by atoms with Crippen LogP contribution in [0.3, 0.4) is 0 Å². The lowest BCUT2D eigenvalue weighted by Crippen LogP contribution is -2.39. The van der Waals surface area contributed by atoms with Crippen LogP contribution < -0.4 is 5.32 Å². The van der Waals surface area contributed by atoms with Crippen molar-refractivity contribution in [3.8, 4) is 0 Å². The van der Waals surface area contributed by atoms with Crippen molar-refractivity contribution in [1.29, 1.82) is 0 Å². The van der Waals surface area contributed by atoms with Gasteiger partial charge in [-0.15, -0.1) is 0 Å². The van der Waals surface area contributed by atoms with Crippen molar-refractivity contribution in [2.75, 3.05) is 13.2 Å². The summed E-state index contributed by atoms with van der Waals surface area (Å²) in [4.78, 5) is 21.4. The van der Waals surface area contributed by atoms with E-state index in [1.165, 1.54) is 4.31 Å². The molecule has 0 spiro atoms. The number of aromatic nitrogens is 1. The molecule has 0 radical (unpaired) electrons. The highest BCUT2D eigenvalue weighted by atomic mass is 32.2. The van der Waals surface area contributed by atoms with Gasteiger partial charge < -0.3 is 10.4 Å². The third-order valence-corrected chi connectivity index (χ3v) is 8.48. The van der Waals surface area contributed by atoms with E-state index in [0.29, 0.717) is 18.5 Å². The molecule has 0 fully saturated rings. The number of aliphatic hydroxyl groups is 1. The van der Waals surface area contributed by atoms with Crippen LogP contribution in [0.4, 0.5) is 0 Å². The van der Waals surface area contributed by atoms with Crippen LogP contribution in [0.25, 0.3) is 0 Å². The molecule has 0 aliphatic carbocycles. The van der Waals surface area contributed by atoms with E-state index in [1.54, 1.807) is 67.0 Å². The summed E-state index contributed by atoms with van der Waals surface area (Å²) in [6.07, 6.45) is 3.81. The topological polar surface area (TPSA) is 112 Å². The van der Waals surface area contributed by atoms with Crippen molar-refractivity contribution >= 4 is 21.6 Å². The molecular weight excluding hydrogens is 524 g/mol. The van der Waals surface area contributed by atoms with E-state index in [4.69, 9.17) is 0 Å². The monoisotopic (exact) mass is 554 g/mol. The molecule has 1 aliphatic heterocycles. The Kier molecular flexibility index (Phi) is 8.45. The quantitative estimate of drug-likeness (QED) is 0.278. The molecule has 0 saturated carbocycles. The highest BCUT2D eigenvalue weighted by Crippen LogP contribution is 2.23. The van der Waals surface area contributed by atoms with Gasteiger partial charge in [-0.2, -0.15) is 4.31 Å². The van der Waals surface area contributed by atoms with Crippen molar-refractivity contribution in [2.24, 2.45) is 4.99 Å². The number of nitrogens with one attached hydrogen (secondary N) is 1. The van der Waals surface area contributed by atoms with Crippen LogP contribution in [0.1, 0.15) is 32.6 Å². The molecule has 40 heavy (non-hydrogen) atoms. The minimum absolute atomic E-state index is 0.112. The molecule has 4 aromatic rings. The second-order valence-corrected chi connectivity index (χ2v) is 11.6. The van der Waals surface area contributed by atoms with Crippen molar-refractivity contribution in [1.82, 2.24) is 14.6 Å². The molecular formula is C31H30N4O4S. The maximum atomic E-state index is 13.7. The van der Waals surface area contributed by atoms with Gasteiger partial charge in [0.1, 0.15) is 0 Å². The van der Waals surface area contributed by atoms with Gasteiger partial charge in [0.2, 0.25) is 10.0 Å². The van der Waals surface area contributed by atoms with Gasteiger partial charge in [-0.1, -0.05) is 60.7 Å². The van der Waals surface area contributed by atoms with Gasteiger partial charge in [-0.25, -0.2) is 8.42 Å². The highest BCUT2D eigenvalue weighted by molar-refractivity contribution is 7.89. The minimum Gasteiger partial charge on any atom is -0.394 e. The first-order valence-corrected chi connectivity index (χ1v) is 14.4. The number of rotatable bonds is 12. The van der Waals surface area contributed by atoms with Crippen LogP contribution in [0.2, 0.25) is 0 Å². The number of hydrogen-bond acceptors (Lipinski definition) is 6. The Balaban J connectivity index is 1.31. The van der Waals surface area contributed by atoms with Crippen molar-refractivity contribution in [2.45, 2.75) is 30.4 Å². The maximum absolute atomic E-state index is 13.7. The van der Waals surface area contributed by atoms with E-state index in [0.717, 1.165) is 28.0 Å². The lowest BCUT2D eigenvalue weighted by Gasteiger charge is -2.23. The number of sulfonamides is 1. The number of benzene rings is 3. The predicted octanol–water partition coefficient (Wildman–Crippen LogP) is 3.61. The number of nitrogens with zero attached hydrogens (tertiary/aromatic N) is 3. The first kappa shape index (κ1) is 27.4. The van der Waals surface area contributed by atoms with Crippen molar-refractivity contribution < 1.29 is 18.3 Å². The van der Waals surface area contributed by atoms with Gasteiger partial charge in [0.05, 0.1) is 29.8 Å². The number of hydrogen-bond donors (Lipinski definition) is 2. The molecule has 8 nitrogen and oxygen atoms in total. The van der Waals surface area contributed by atoms with Gasteiger partial charge >= 0.3 is 0 Å². The van der Waals surface area contributed by atoms with Gasteiger partial charge in [0, 0.05) is 31.0 Å². The number of aliphatic hydroxyl groups excluding tert-OH is 1. The summed E-state index contributed by atoms with van der Waals surface area (Å²) >= 11 is 0. The Bertz CT molecular complexity index is 1570. The van der Waals surface area contributed by atoms with E-state index in [1.807, 2.05) is 36.4 Å². The highest BCUT2D eigenvalue weighted by Gasteiger charge is 2.26. The number of carbonyl (C=O) groups excluding carboxylic acids is 1. The van der Waals surface area contributed by atoms with E-state index >= 15 is 0 Å². The van der Waals surface area contributed by atoms with Crippen molar-refractivity contribution in [3.63, 3.8) is 0 Å². The molecule has 0 saturated heterocycles. The predicted molar refractivity (Wildman–Crippen MR) is 153 cm³/mol. The van der Waals surface area contributed by atoms with Gasteiger partial charge in [-0.05, 0) is 59.0 Å². The number of amides is 1. The number of carbonyl (C=O) groups is 1. The molecule has 1 aromatic heterocycles. The molecule has 1 amide bonds. The fourth-order valence-electron chi connectivity index (χ4n) is 4.41. The van der Waals surface area contributed by atoms with E-state index in [2.05, 4.69) is 15.3 Å². The summed E-state index contributed by atoms with van der Waals surface area (Å²) in [5.74, 6) is -0.304. The Morgan fingerprint density at radius 2 is 1.55 bits per heavy atom. The molecule has 0 bridgehead atoms. The molecule has 0 unspecified atom stereocenters. The molecule has 2 heterocycles. The second kappa shape index (κ2) is 12.3. The second-order valence-electron chi connectivity index (χ2n) is 9.66. The lowest BCUT2D eigenvalue weighted by molar-refractivity contribution is 0.0916. The molecule has 204 valence electrons. The molecule has 9 heteroatoms. The average molecular weight is 555 g/mol. The third kappa shape index (κ3) is 6.87. The molecule has 1 atom stereocenters. The standard InChI is InChI=1S/C31H30N4O4S/c36-22-28(17-23-5-2-1-3-6-23)34-31(37)27-10-8-24(9-11-27)20-35(21-25-7-4-16-32-18-25)40(38,39)29-14-12-26(13-15-29)30-19-33-30/h1-16,18,28,36H,17,19-22H2,(H,34,37)/t28-/m0/s1. The zero-order valence-electron chi connectivity index (χ0n) is 21.8. The smallest absolute Gasteiger partial charge is 0.251 e. The number of pyridine rings is 1. The van der Waals surface area contributed by atoms with Crippen LogP contribution >= 0.6 is 0 Å². The summed E-state index contributed by atoms with van der Waals surface area (Å²) in [6, 6.07) is 26.5. The molecule has 3 aromatic carbocycles. The van der Waals surface area contributed by atoms with Crippen molar-refractivity contribution in [3.05, 3.63) is 131 Å². The first-order valence-electron chi connectivity index (χ1n) is 13.0. The third-order valence-electron chi connectivity index (χ3n) is 6.68. The van der Waals surface area contributed by atoms with Gasteiger partial charge in [-0.3, -0.25) is 14.8 Å². The zero-order valence-corrected chi connectivity index (χ0v) is 22.7. The summed E-state index contributed by atoms with van der Waals surface area (Å²) in [5, 5.41) is 12.7. The maximum Gasteiger partial charge on any atom is 0.251 e. The summed E-state index contributed by atoms with van der Waals surface area (Å²) in [5.41, 5.74) is 4.85. The summed E-state index contributed by atoms with van der Waals surface area (Å²) in [6.45, 7) is 0.765. The zero-order chi connectivity index (χ0) is 28.0. The average Bonchev–Trinajstić information content (AvgIpc) is 3.84. The van der Waals surface area contributed by atoms with E-state index in [-0.39, 0.29) is 30.5 Å². The molecule has 2 N–H and O–H groups in total. The Hall–Kier alpha value is -4.18. The SMILES string of the molecule is O=C(N[C@H](CO)Cc1ccccc1)c1ccc(CN(Cc2cccnc2)S(=O)(=O)c2ccc(C3=NC3)cc2)cc1. The minimum atomic E-state index is -3.84. The van der Waals surface area contributed by atoms with Crippen LogP contribution in [-0.2, 0) is 29.5 Å². The van der Waals surface area contributed by atoms with Crippen LogP contribution in [0.5, 0.6) is 0 Å². The first-order chi connectivity index (χ1) is 19.4. The van der Waals surface area contributed by atoms with Gasteiger partial charge in [0.25, 0.3) is 5.91 Å². The van der Waals surface area contributed by atoms with E-state index < -0.39 is 16.1 Å². The normalized spacial score (nSPS) is 13.5. The van der Waals surface area contributed by atoms with E-state index in [9.17, 15) is 18.3 Å².